The van der Waals surface area contributed by atoms with Gasteiger partial charge in [0.25, 0.3) is 5.91 Å². The molecule has 140 valence electrons. The molecule has 2 N–H and O–H groups in total. The van der Waals surface area contributed by atoms with E-state index in [2.05, 4.69) is 0 Å². The molecule has 1 heterocycles. The van der Waals surface area contributed by atoms with E-state index in [1.807, 2.05) is 43.3 Å². The molecule has 0 radical (unpaired) electrons. The van der Waals surface area contributed by atoms with Crippen molar-refractivity contribution in [2.45, 2.75) is 50.7 Å². The van der Waals surface area contributed by atoms with Gasteiger partial charge in [-0.2, -0.15) is 0 Å². The van der Waals surface area contributed by atoms with E-state index >= 15 is 0 Å². The molecule has 0 spiro atoms. The molecule has 0 unspecified atom stereocenters. The molecular formula is C20H32N2O3. The lowest BCUT2D eigenvalue weighted by Gasteiger charge is -2.40. The molecule has 5 nitrogen and oxygen atoms in total. The van der Waals surface area contributed by atoms with Crippen molar-refractivity contribution in [2.24, 2.45) is 0 Å². The van der Waals surface area contributed by atoms with Crippen LogP contribution >= 0.6 is 0 Å². The number of carbonyl (C=O) groups excluding carboxylic acids is 1. The van der Waals surface area contributed by atoms with Gasteiger partial charge in [0.05, 0.1) is 17.7 Å². The third-order valence-corrected chi connectivity index (χ3v) is 4.65. The molecule has 2 rings (SSSR count). The summed E-state index contributed by atoms with van der Waals surface area (Å²) >= 11 is 0. The molecule has 1 fully saturated rings. The van der Waals surface area contributed by atoms with Crippen molar-refractivity contribution >= 4 is 5.91 Å². The number of likely N-dealkylation sites (N-methyl/N-ethyl adjacent to an activating group) is 1. The number of piperidine rings is 1. The summed E-state index contributed by atoms with van der Waals surface area (Å²) in [5, 5.41) is 20.7. The van der Waals surface area contributed by atoms with E-state index in [0.29, 0.717) is 31.6 Å². The largest absolute Gasteiger partial charge is 0.390 e. The fourth-order valence-electron chi connectivity index (χ4n) is 3.50. The molecule has 1 amide bonds. The maximum absolute atomic E-state index is 12.9. The Hall–Kier alpha value is -1.43. The fourth-order valence-corrected chi connectivity index (χ4v) is 3.50. The average Bonchev–Trinajstić information content (AvgIpc) is 2.50. The third-order valence-electron chi connectivity index (χ3n) is 4.65. The SMILES string of the molecule is CN(C)C[C@@]1(O)CCCN(C(=O)c2cccc(CCC(C)(C)O)c2)C1. The second-order valence-electron chi connectivity index (χ2n) is 8.31. The van der Waals surface area contributed by atoms with Gasteiger partial charge in [-0.05, 0) is 71.3 Å². The summed E-state index contributed by atoms with van der Waals surface area (Å²) in [4.78, 5) is 16.6. The molecule has 0 aliphatic carbocycles. The van der Waals surface area contributed by atoms with Crippen molar-refractivity contribution < 1.29 is 15.0 Å². The number of benzene rings is 1. The quantitative estimate of drug-likeness (QED) is 0.824. The molecule has 1 aromatic rings. The van der Waals surface area contributed by atoms with Gasteiger partial charge in [0, 0.05) is 18.7 Å². The average molecular weight is 348 g/mol. The van der Waals surface area contributed by atoms with Crippen LogP contribution in [0.2, 0.25) is 0 Å². The lowest BCUT2D eigenvalue weighted by molar-refractivity contribution is -0.0391. The molecule has 25 heavy (non-hydrogen) atoms. The predicted octanol–water partition coefficient (Wildman–Crippen LogP) is 1.92. The van der Waals surface area contributed by atoms with E-state index in [9.17, 15) is 15.0 Å². The smallest absolute Gasteiger partial charge is 0.253 e. The van der Waals surface area contributed by atoms with Gasteiger partial charge < -0.3 is 20.0 Å². The highest BCUT2D eigenvalue weighted by atomic mass is 16.3. The van der Waals surface area contributed by atoms with Gasteiger partial charge in [0.15, 0.2) is 0 Å². The summed E-state index contributed by atoms with van der Waals surface area (Å²) in [5.74, 6) is -0.0259. The van der Waals surface area contributed by atoms with Gasteiger partial charge in [0.1, 0.15) is 0 Å². The van der Waals surface area contributed by atoms with Gasteiger partial charge in [-0.15, -0.1) is 0 Å². The van der Waals surface area contributed by atoms with Crippen LogP contribution in [-0.4, -0.2) is 70.9 Å². The van der Waals surface area contributed by atoms with Crippen LogP contribution in [-0.2, 0) is 6.42 Å². The van der Waals surface area contributed by atoms with Crippen LogP contribution in [0.1, 0.15) is 49.0 Å². The van der Waals surface area contributed by atoms with Crippen molar-refractivity contribution in [2.75, 3.05) is 33.7 Å². The Morgan fingerprint density at radius 3 is 2.72 bits per heavy atom. The van der Waals surface area contributed by atoms with E-state index in [4.69, 9.17) is 0 Å². The number of β-amino-alcohol motifs (C(OH)–C–C–N with tert-alkyl or cyclic N) is 1. The number of hydrogen-bond acceptors (Lipinski definition) is 4. The number of rotatable bonds is 6. The minimum absolute atomic E-state index is 0.0259. The van der Waals surface area contributed by atoms with Crippen molar-refractivity contribution in [1.29, 1.82) is 0 Å². The third kappa shape index (κ3) is 6.10. The topological polar surface area (TPSA) is 64.0 Å². The van der Waals surface area contributed by atoms with Crippen LogP contribution in [0.4, 0.5) is 0 Å². The van der Waals surface area contributed by atoms with Crippen molar-refractivity contribution in [3.8, 4) is 0 Å². The Labute approximate surface area is 151 Å². The minimum atomic E-state index is -0.837. The maximum atomic E-state index is 12.9. The molecule has 1 aliphatic rings. The monoisotopic (exact) mass is 348 g/mol. The highest BCUT2D eigenvalue weighted by Gasteiger charge is 2.35. The summed E-state index contributed by atoms with van der Waals surface area (Å²) in [6, 6.07) is 7.62. The van der Waals surface area contributed by atoms with E-state index in [0.717, 1.165) is 24.8 Å². The Balaban J connectivity index is 2.07. The highest BCUT2D eigenvalue weighted by Crippen LogP contribution is 2.24. The Bertz CT molecular complexity index is 595. The molecule has 1 aliphatic heterocycles. The van der Waals surface area contributed by atoms with Crippen LogP contribution in [0.15, 0.2) is 24.3 Å². The molecule has 1 saturated heterocycles. The van der Waals surface area contributed by atoms with E-state index < -0.39 is 11.2 Å². The minimum Gasteiger partial charge on any atom is -0.390 e. The van der Waals surface area contributed by atoms with E-state index in [-0.39, 0.29) is 5.91 Å². The number of aliphatic hydroxyl groups is 2. The van der Waals surface area contributed by atoms with Gasteiger partial charge >= 0.3 is 0 Å². The second kappa shape index (κ2) is 7.85. The zero-order chi connectivity index (χ0) is 18.7. The summed E-state index contributed by atoms with van der Waals surface area (Å²) in [6.45, 7) is 5.20. The van der Waals surface area contributed by atoms with Crippen molar-refractivity contribution in [3.05, 3.63) is 35.4 Å². The van der Waals surface area contributed by atoms with Crippen molar-refractivity contribution in [1.82, 2.24) is 9.80 Å². The zero-order valence-electron chi connectivity index (χ0n) is 16.0. The van der Waals surface area contributed by atoms with Gasteiger partial charge in [-0.25, -0.2) is 0 Å². The van der Waals surface area contributed by atoms with Gasteiger partial charge in [-0.1, -0.05) is 12.1 Å². The molecule has 0 aromatic heterocycles. The molecular weight excluding hydrogens is 316 g/mol. The highest BCUT2D eigenvalue weighted by molar-refractivity contribution is 5.94. The standard InChI is InChI=1S/C20H32N2O3/c1-19(2,24)11-9-16-7-5-8-17(13-16)18(23)22-12-6-10-20(25,15-22)14-21(3)4/h5,7-8,13,24-25H,6,9-12,14-15H2,1-4H3/t20-/m0/s1. The fraction of sp³-hybridized carbons (Fsp3) is 0.650. The van der Waals surface area contributed by atoms with Crippen LogP contribution in [0.25, 0.3) is 0 Å². The molecule has 0 bridgehead atoms. The first-order valence-corrected chi connectivity index (χ1v) is 9.06. The lowest BCUT2D eigenvalue weighted by Crippen LogP contribution is -2.54. The zero-order valence-corrected chi connectivity index (χ0v) is 16.0. The maximum Gasteiger partial charge on any atom is 0.253 e. The number of carbonyl (C=O) groups is 1. The van der Waals surface area contributed by atoms with Gasteiger partial charge in [-0.3, -0.25) is 4.79 Å². The van der Waals surface area contributed by atoms with Crippen LogP contribution in [0.5, 0.6) is 0 Å². The van der Waals surface area contributed by atoms with E-state index in [1.54, 1.807) is 18.7 Å². The second-order valence-corrected chi connectivity index (χ2v) is 8.31. The summed E-state index contributed by atoms with van der Waals surface area (Å²) in [7, 11) is 3.87. The number of hydrogen-bond donors (Lipinski definition) is 2. The number of amides is 1. The first-order valence-electron chi connectivity index (χ1n) is 9.06. The first kappa shape index (κ1) is 19.9. The number of likely N-dealkylation sites (tertiary alicyclic amines) is 1. The molecule has 1 atom stereocenters. The summed E-state index contributed by atoms with van der Waals surface area (Å²) in [6.07, 6.45) is 2.92. The summed E-state index contributed by atoms with van der Waals surface area (Å²) in [5.41, 5.74) is 0.154. The van der Waals surface area contributed by atoms with Crippen LogP contribution in [0, 0.1) is 0 Å². The summed E-state index contributed by atoms with van der Waals surface area (Å²) < 4.78 is 0. The van der Waals surface area contributed by atoms with E-state index in [1.165, 1.54) is 0 Å². The van der Waals surface area contributed by atoms with Gasteiger partial charge in [0.2, 0.25) is 0 Å². The Kier molecular flexibility index (Phi) is 6.25. The van der Waals surface area contributed by atoms with Crippen molar-refractivity contribution in [3.63, 3.8) is 0 Å². The number of aryl methyl sites for hydroxylation is 1. The molecule has 5 heteroatoms. The number of nitrogens with zero attached hydrogens (tertiary/aromatic N) is 2. The van der Waals surface area contributed by atoms with Crippen LogP contribution in [0.3, 0.4) is 0 Å². The molecule has 0 saturated carbocycles. The van der Waals surface area contributed by atoms with Crippen LogP contribution < -0.4 is 0 Å². The normalized spacial score (nSPS) is 21.6. The predicted molar refractivity (Wildman–Crippen MR) is 99.7 cm³/mol. The lowest BCUT2D eigenvalue weighted by atomic mass is 9.91. The first-order chi connectivity index (χ1) is 11.6. The molecule has 1 aromatic carbocycles. The Morgan fingerprint density at radius 1 is 1.36 bits per heavy atom. The Morgan fingerprint density at radius 2 is 2.08 bits per heavy atom.